The van der Waals surface area contributed by atoms with Crippen molar-refractivity contribution in [1.82, 2.24) is 5.32 Å². The fourth-order valence-corrected chi connectivity index (χ4v) is 4.68. The van der Waals surface area contributed by atoms with E-state index in [9.17, 15) is 19.5 Å². The number of hydrogen-bond acceptors (Lipinski definition) is 5. The number of nitrogens with two attached hydrogens (primary N) is 1. The van der Waals surface area contributed by atoms with Gasteiger partial charge in [0.15, 0.2) is 0 Å². The number of ether oxygens (including phenoxy) is 1. The van der Waals surface area contributed by atoms with E-state index in [1.165, 1.54) is 0 Å². The first-order valence-corrected chi connectivity index (χ1v) is 17.8. The van der Waals surface area contributed by atoms with Gasteiger partial charge in [0.1, 0.15) is 12.1 Å². The predicted octanol–water partition coefficient (Wildman–Crippen LogP) is 9.22. The fraction of sp³-hybridized carbons (Fsp3) is 0.615. The molecular weight excluding hydrogens is 576 g/mol. The smallest absolute Gasteiger partial charge is 0.326 e. The molecule has 0 aliphatic carbocycles. The third-order valence-electron chi connectivity index (χ3n) is 7.27. The van der Waals surface area contributed by atoms with Crippen molar-refractivity contribution in [3.8, 4) is 0 Å². The lowest BCUT2D eigenvalue weighted by Gasteiger charge is -2.17. The van der Waals surface area contributed by atoms with Crippen LogP contribution in [0, 0.1) is 0 Å². The van der Waals surface area contributed by atoms with Gasteiger partial charge in [-0.15, -0.1) is 0 Å². The molecule has 0 aliphatic rings. The van der Waals surface area contributed by atoms with Crippen molar-refractivity contribution in [2.75, 3.05) is 6.54 Å². The molecule has 7 heteroatoms. The minimum Gasteiger partial charge on any atom is -0.480 e. The average molecular weight is 641 g/mol. The van der Waals surface area contributed by atoms with Crippen LogP contribution in [0.3, 0.4) is 0 Å². The largest absolute Gasteiger partial charge is 0.480 e. The number of esters is 1. The van der Waals surface area contributed by atoms with Crippen LogP contribution in [0.1, 0.15) is 136 Å². The molecule has 0 bridgehead atoms. The van der Waals surface area contributed by atoms with Crippen LogP contribution in [0.4, 0.5) is 0 Å². The molecule has 0 fully saturated rings. The standard InChI is InChI=1S/C39H64N2O5/c1-3-5-6-7-8-9-10-11-12-13-14-15-16-17-18-19-20-21-22-23-27-33-38(43)46-35(29-4-2)30-25-24-26-32-37(42)41-36(39(44)45)31-28-34-40/h5-6,8-9,11-12,14-15,17-18,20-21,35-36H,3-4,7,10,13,16,19,22-34,40H2,1-2H3,(H,41,42)(H,44,45)/b6-5-,9-8-,12-11-,15-14-,18-17-,21-20-. The second kappa shape index (κ2) is 33.2. The zero-order valence-electron chi connectivity index (χ0n) is 28.9. The SMILES string of the molecule is CC/C=C\C/C=C\C/C=C\C/C=C\C/C=C\C/C=C\CCCCC(=O)OC(CCC)CCCCCC(=O)NC(CCCN)C(=O)O. The van der Waals surface area contributed by atoms with Crippen LogP contribution in [0.25, 0.3) is 0 Å². The molecule has 7 nitrogen and oxygen atoms in total. The summed E-state index contributed by atoms with van der Waals surface area (Å²) < 4.78 is 5.74. The number of carbonyl (C=O) groups is 3. The summed E-state index contributed by atoms with van der Waals surface area (Å²) in [5.74, 6) is -1.40. The number of unbranched alkanes of at least 4 members (excludes halogenated alkanes) is 4. The van der Waals surface area contributed by atoms with E-state index in [1.54, 1.807) is 0 Å². The van der Waals surface area contributed by atoms with Gasteiger partial charge in [-0.3, -0.25) is 9.59 Å². The van der Waals surface area contributed by atoms with Gasteiger partial charge in [0.2, 0.25) is 5.91 Å². The summed E-state index contributed by atoms with van der Waals surface area (Å²) in [5.41, 5.74) is 5.44. The molecule has 0 aromatic heterocycles. The van der Waals surface area contributed by atoms with Gasteiger partial charge in [-0.2, -0.15) is 0 Å². The number of nitrogens with one attached hydrogen (secondary N) is 1. The minimum absolute atomic E-state index is 0.0812. The summed E-state index contributed by atoms with van der Waals surface area (Å²) >= 11 is 0. The lowest BCUT2D eigenvalue weighted by atomic mass is 10.0. The van der Waals surface area contributed by atoms with Crippen LogP contribution in [-0.2, 0) is 19.1 Å². The summed E-state index contributed by atoms with van der Waals surface area (Å²) in [6.07, 6.45) is 41.6. The maximum Gasteiger partial charge on any atom is 0.326 e. The summed E-state index contributed by atoms with van der Waals surface area (Å²) in [4.78, 5) is 35.7. The summed E-state index contributed by atoms with van der Waals surface area (Å²) in [6, 6.07) is -0.880. The Labute approximate surface area is 280 Å². The maximum absolute atomic E-state index is 12.4. The first-order valence-electron chi connectivity index (χ1n) is 17.8. The van der Waals surface area contributed by atoms with Crippen molar-refractivity contribution in [2.45, 2.75) is 148 Å². The fourth-order valence-electron chi connectivity index (χ4n) is 4.68. The molecule has 0 saturated heterocycles. The van der Waals surface area contributed by atoms with Gasteiger partial charge in [0.25, 0.3) is 0 Å². The second-order valence-electron chi connectivity index (χ2n) is 11.6. The second-order valence-corrected chi connectivity index (χ2v) is 11.6. The van der Waals surface area contributed by atoms with Crippen LogP contribution < -0.4 is 11.1 Å². The number of amides is 1. The molecule has 4 N–H and O–H groups in total. The molecule has 0 saturated carbocycles. The molecule has 0 aromatic carbocycles. The number of carboxylic acid groups (broad SMARTS) is 1. The number of hydrogen-bond donors (Lipinski definition) is 3. The molecule has 46 heavy (non-hydrogen) atoms. The Balaban J connectivity index is 3.92. The van der Waals surface area contributed by atoms with Crippen molar-refractivity contribution in [2.24, 2.45) is 5.73 Å². The van der Waals surface area contributed by atoms with Crippen molar-refractivity contribution < 1.29 is 24.2 Å². The summed E-state index contributed by atoms with van der Waals surface area (Å²) in [7, 11) is 0. The van der Waals surface area contributed by atoms with Gasteiger partial charge < -0.3 is 20.9 Å². The molecule has 0 rings (SSSR count). The molecule has 0 aliphatic heterocycles. The lowest BCUT2D eigenvalue weighted by Crippen LogP contribution is -2.40. The molecule has 1 amide bonds. The lowest BCUT2D eigenvalue weighted by molar-refractivity contribution is -0.150. The highest BCUT2D eigenvalue weighted by Gasteiger charge is 2.19. The first-order chi connectivity index (χ1) is 22.4. The van der Waals surface area contributed by atoms with Crippen LogP contribution >= 0.6 is 0 Å². The zero-order valence-corrected chi connectivity index (χ0v) is 28.9. The van der Waals surface area contributed by atoms with Gasteiger partial charge in [-0.05, 0) is 103 Å². The van der Waals surface area contributed by atoms with Gasteiger partial charge in [0, 0.05) is 12.8 Å². The van der Waals surface area contributed by atoms with E-state index in [-0.39, 0.29) is 18.0 Å². The normalized spacial score (nSPS) is 13.6. The van der Waals surface area contributed by atoms with Crippen molar-refractivity contribution >= 4 is 17.8 Å². The van der Waals surface area contributed by atoms with Crippen LogP contribution in [0.15, 0.2) is 72.9 Å². The highest BCUT2D eigenvalue weighted by molar-refractivity contribution is 5.83. The van der Waals surface area contributed by atoms with Crippen molar-refractivity contribution in [3.05, 3.63) is 72.9 Å². The van der Waals surface area contributed by atoms with E-state index in [1.807, 2.05) is 0 Å². The van der Waals surface area contributed by atoms with Crippen LogP contribution in [0.2, 0.25) is 0 Å². The van der Waals surface area contributed by atoms with E-state index in [0.717, 1.165) is 89.9 Å². The Morgan fingerprint density at radius 3 is 1.72 bits per heavy atom. The molecule has 0 aromatic rings. The molecule has 2 atom stereocenters. The van der Waals surface area contributed by atoms with E-state index in [2.05, 4.69) is 92.1 Å². The number of carboxylic acids is 1. The Morgan fingerprint density at radius 1 is 0.652 bits per heavy atom. The average Bonchev–Trinajstić information content (AvgIpc) is 3.03. The monoisotopic (exact) mass is 640 g/mol. The Morgan fingerprint density at radius 2 is 1.20 bits per heavy atom. The zero-order chi connectivity index (χ0) is 33.9. The van der Waals surface area contributed by atoms with Crippen LogP contribution in [-0.4, -0.2) is 41.6 Å². The van der Waals surface area contributed by atoms with Gasteiger partial charge >= 0.3 is 11.9 Å². The molecule has 0 heterocycles. The predicted molar refractivity (Wildman–Crippen MR) is 192 cm³/mol. The van der Waals surface area contributed by atoms with E-state index >= 15 is 0 Å². The number of rotatable bonds is 30. The van der Waals surface area contributed by atoms with E-state index in [4.69, 9.17) is 10.5 Å². The van der Waals surface area contributed by atoms with Gasteiger partial charge in [0.05, 0.1) is 0 Å². The van der Waals surface area contributed by atoms with Gasteiger partial charge in [-0.25, -0.2) is 4.79 Å². The minimum atomic E-state index is -1.03. The molecular formula is C39H64N2O5. The summed E-state index contributed by atoms with van der Waals surface area (Å²) in [6.45, 7) is 4.63. The highest BCUT2D eigenvalue weighted by Crippen LogP contribution is 2.15. The van der Waals surface area contributed by atoms with E-state index in [0.29, 0.717) is 38.6 Å². The summed E-state index contributed by atoms with van der Waals surface area (Å²) in [5, 5.41) is 11.8. The van der Waals surface area contributed by atoms with E-state index < -0.39 is 12.0 Å². The number of carbonyl (C=O) groups excluding carboxylic acids is 2. The quantitative estimate of drug-likeness (QED) is 0.0409. The highest BCUT2D eigenvalue weighted by atomic mass is 16.5. The molecule has 0 radical (unpaired) electrons. The molecule has 2 unspecified atom stereocenters. The van der Waals surface area contributed by atoms with Gasteiger partial charge in [-0.1, -0.05) is 99.6 Å². The third kappa shape index (κ3) is 29.5. The van der Waals surface area contributed by atoms with Crippen molar-refractivity contribution in [3.63, 3.8) is 0 Å². The Bertz CT molecular complexity index is 948. The Hall–Kier alpha value is -3.19. The topological polar surface area (TPSA) is 119 Å². The number of aliphatic carboxylic acids is 1. The Kier molecular flexibility index (Phi) is 30.9. The molecule has 260 valence electrons. The molecule has 0 spiro atoms. The van der Waals surface area contributed by atoms with Crippen molar-refractivity contribution in [1.29, 1.82) is 0 Å². The van der Waals surface area contributed by atoms with Crippen LogP contribution in [0.5, 0.6) is 0 Å². The maximum atomic E-state index is 12.4. The first kappa shape index (κ1) is 42.8. The number of allylic oxidation sites excluding steroid dienone is 12. The third-order valence-corrected chi connectivity index (χ3v) is 7.27.